The van der Waals surface area contributed by atoms with Gasteiger partial charge in [-0.2, -0.15) is 0 Å². The second kappa shape index (κ2) is 5.68. The standard InChI is InChI=1S/C13H14BrN3/c1-2-8-17-9-7-15-13(17)16-10-11-5-3-4-6-12(11)14/h2-7,9H,1,8,10H2,(H,15,16). The highest BCUT2D eigenvalue weighted by Gasteiger charge is 2.02. The second-order valence-electron chi connectivity index (χ2n) is 3.64. The zero-order chi connectivity index (χ0) is 12.1. The zero-order valence-electron chi connectivity index (χ0n) is 9.44. The molecule has 1 aromatic heterocycles. The Bertz CT molecular complexity index is 505. The first-order chi connectivity index (χ1) is 8.31. The van der Waals surface area contributed by atoms with Crippen molar-refractivity contribution >= 4 is 21.9 Å². The maximum Gasteiger partial charge on any atom is 0.203 e. The summed E-state index contributed by atoms with van der Waals surface area (Å²) in [4.78, 5) is 4.27. The third-order valence-corrected chi connectivity index (χ3v) is 3.21. The number of hydrogen-bond acceptors (Lipinski definition) is 2. The van der Waals surface area contributed by atoms with E-state index in [0.717, 1.165) is 23.5 Å². The van der Waals surface area contributed by atoms with Crippen LogP contribution in [0, 0.1) is 0 Å². The van der Waals surface area contributed by atoms with Gasteiger partial charge in [0.1, 0.15) is 0 Å². The molecule has 88 valence electrons. The molecule has 1 N–H and O–H groups in total. The molecule has 0 aliphatic carbocycles. The number of allylic oxidation sites excluding steroid dienone is 1. The maximum absolute atomic E-state index is 4.27. The van der Waals surface area contributed by atoms with E-state index < -0.39 is 0 Å². The van der Waals surface area contributed by atoms with E-state index in [1.54, 1.807) is 6.20 Å². The minimum Gasteiger partial charge on any atom is -0.352 e. The second-order valence-corrected chi connectivity index (χ2v) is 4.49. The van der Waals surface area contributed by atoms with E-state index >= 15 is 0 Å². The van der Waals surface area contributed by atoms with Gasteiger partial charge in [-0.25, -0.2) is 4.98 Å². The van der Waals surface area contributed by atoms with Gasteiger partial charge in [-0.3, -0.25) is 0 Å². The van der Waals surface area contributed by atoms with E-state index in [9.17, 15) is 0 Å². The zero-order valence-corrected chi connectivity index (χ0v) is 11.0. The number of hydrogen-bond donors (Lipinski definition) is 1. The Morgan fingerprint density at radius 3 is 3.00 bits per heavy atom. The number of nitrogens with one attached hydrogen (secondary N) is 1. The minimum absolute atomic E-state index is 0.746. The van der Waals surface area contributed by atoms with Crippen molar-refractivity contribution in [3.8, 4) is 0 Å². The van der Waals surface area contributed by atoms with Crippen LogP contribution in [-0.2, 0) is 13.1 Å². The lowest BCUT2D eigenvalue weighted by Gasteiger charge is -2.09. The van der Waals surface area contributed by atoms with Crippen LogP contribution < -0.4 is 5.32 Å². The summed E-state index contributed by atoms with van der Waals surface area (Å²) in [6, 6.07) is 8.15. The summed E-state index contributed by atoms with van der Waals surface area (Å²) in [6.07, 6.45) is 5.57. The SMILES string of the molecule is C=CCn1ccnc1NCc1ccccc1Br. The third kappa shape index (κ3) is 2.97. The molecule has 0 saturated carbocycles. The molecule has 0 unspecified atom stereocenters. The first kappa shape index (κ1) is 11.9. The van der Waals surface area contributed by atoms with Crippen LogP contribution in [0.15, 0.2) is 53.8 Å². The molecular weight excluding hydrogens is 278 g/mol. The molecule has 2 rings (SSSR count). The Balaban J connectivity index is 2.05. The summed E-state index contributed by atoms with van der Waals surface area (Å²) < 4.78 is 3.12. The lowest BCUT2D eigenvalue weighted by atomic mass is 10.2. The lowest BCUT2D eigenvalue weighted by molar-refractivity contribution is 0.819. The third-order valence-electron chi connectivity index (χ3n) is 2.44. The van der Waals surface area contributed by atoms with Crippen LogP contribution in [0.3, 0.4) is 0 Å². The van der Waals surface area contributed by atoms with Gasteiger partial charge < -0.3 is 9.88 Å². The van der Waals surface area contributed by atoms with Gasteiger partial charge in [0.25, 0.3) is 0 Å². The van der Waals surface area contributed by atoms with Crippen molar-refractivity contribution in [2.75, 3.05) is 5.32 Å². The van der Waals surface area contributed by atoms with Crippen molar-refractivity contribution in [1.29, 1.82) is 0 Å². The molecule has 0 aliphatic rings. The average molecular weight is 292 g/mol. The number of imidazole rings is 1. The summed E-state index contributed by atoms with van der Waals surface area (Å²) in [5.41, 5.74) is 1.21. The fraction of sp³-hybridized carbons (Fsp3) is 0.154. The molecule has 0 saturated heterocycles. The number of nitrogens with zero attached hydrogens (tertiary/aromatic N) is 2. The Labute approximate surface area is 109 Å². The Kier molecular flexibility index (Phi) is 3.98. The molecule has 1 aromatic carbocycles. The van der Waals surface area contributed by atoms with E-state index in [-0.39, 0.29) is 0 Å². The molecule has 0 aliphatic heterocycles. The highest BCUT2D eigenvalue weighted by Crippen LogP contribution is 2.17. The average Bonchev–Trinajstić information content (AvgIpc) is 2.76. The summed E-state index contributed by atoms with van der Waals surface area (Å²) in [6.45, 7) is 5.23. The molecule has 17 heavy (non-hydrogen) atoms. The van der Waals surface area contributed by atoms with Gasteiger partial charge in [-0.15, -0.1) is 6.58 Å². The number of halogens is 1. The fourth-order valence-corrected chi connectivity index (χ4v) is 2.00. The molecule has 0 fully saturated rings. The topological polar surface area (TPSA) is 29.9 Å². The Hall–Kier alpha value is -1.55. The number of anilines is 1. The van der Waals surface area contributed by atoms with Crippen LogP contribution >= 0.6 is 15.9 Å². The normalized spacial score (nSPS) is 10.2. The molecule has 2 aromatic rings. The molecule has 1 heterocycles. The quantitative estimate of drug-likeness (QED) is 0.855. The summed E-state index contributed by atoms with van der Waals surface area (Å²) in [5.74, 6) is 0.862. The van der Waals surface area contributed by atoms with Crippen LogP contribution in [0.2, 0.25) is 0 Å². The smallest absolute Gasteiger partial charge is 0.203 e. The maximum atomic E-state index is 4.27. The van der Waals surface area contributed by atoms with E-state index in [1.165, 1.54) is 5.56 Å². The van der Waals surface area contributed by atoms with Crippen molar-refractivity contribution in [2.45, 2.75) is 13.1 Å². The highest BCUT2D eigenvalue weighted by molar-refractivity contribution is 9.10. The first-order valence-corrected chi connectivity index (χ1v) is 6.20. The van der Waals surface area contributed by atoms with Crippen molar-refractivity contribution in [3.63, 3.8) is 0 Å². The van der Waals surface area contributed by atoms with Crippen LogP contribution in [0.5, 0.6) is 0 Å². The fourth-order valence-electron chi connectivity index (χ4n) is 1.58. The van der Waals surface area contributed by atoms with Crippen LogP contribution in [0.4, 0.5) is 5.95 Å². The monoisotopic (exact) mass is 291 g/mol. The molecule has 4 heteroatoms. The summed E-state index contributed by atoms with van der Waals surface area (Å²) in [7, 11) is 0. The molecular formula is C13H14BrN3. The Morgan fingerprint density at radius 1 is 1.41 bits per heavy atom. The van der Waals surface area contributed by atoms with Gasteiger partial charge in [0.15, 0.2) is 0 Å². The largest absolute Gasteiger partial charge is 0.352 e. The predicted octanol–water partition coefficient (Wildman–Crippen LogP) is 3.44. The molecule has 0 atom stereocenters. The van der Waals surface area contributed by atoms with Gasteiger partial charge in [-0.05, 0) is 11.6 Å². The summed E-state index contributed by atoms with van der Waals surface area (Å²) in [5, 5.41) is 3.31. The van der Waals surface area contributed by atoms with E-state index in [0.29, 0.717) is 0 Å². The molecule has 0 bridgehead atoms. The van der Waals surface area contributed by atoms with Gasteiger partial charge in [0.2, 0.25) is 5.95 Å². The van der Waals surface area contributed by atoms with Gasteiger partial charge >= 0.3 is 0 Å². The van der Waals surface area contributed by atoms with Crippen LogP contribution in [0.1, 0.15) is 5.56 Å². The molecule has 0 spiro atoms. The van der Waals surface area contributed by atoms with Gasteiger partial charge in [0.05, 0.1) is 0 Å². The van der Waals surface area contributed by atoms with Crippen LogP contribution in [0.25, 0.3) is 0 Å². The van der Waals surface area contributed by atoms with Crippen molar-refractivity contribution in [2.24, 2.45) is 0 Å². The van der Waals surface area contributed by atoms with Crippen molar-refractivity contribution < 1.29 is 0 Å². The van der Waals surface area contributed by atoms with Gasteiger partial charge in [-0.1, -0.05) is 40.2 Å². The number of rotatable bonds is 5. The highest BCUT2D eigenvalue weighted by atomic mass is 79.9. The van der Waals surface area contributed by atoms with Crippen LogP contribution in [-0.4, -0.2) is 9.55 Å². The Morgan fingerprint density at radius 2 is 2.24 bits per heavy atom. The van der Waals surface area contributed by atoms with E-state index in [1.807, 2.05) is 35.0 Å². The lowest BCUT2D eigenvalue weighted by Crippen LogP contribution is -2.06. The predicted molar refractivity (Wildman–Crippen MR) is 73.9 cm³/mol. The number of benzene rings is 1. The minimum atomic E-state index is 0.746. The molecule has 0 amide bonds. The summed E-state index contributed by atoms with van der Waals surface area (Å²) >= 11 is 3.53. The van der Waals surface area contributed by atoms with Crippen molar-refractivity contribution in [1.82, 2.24) is 9.55 Å². The molecule has 0 radical (unpaired) electrons. The molecule has 3 nitrogen and oxygen atoms in total. The van der Waals surface area contributed by atoms with Gasteiger partial charge in [0, 0.05) is 30.0 Å². The first-order valence-electron chi connectivity index (χ1n) is 5.40. The van der Waals surface area contributed by atoms with E-state index in [4.69, 9.17) is 0 Å². The van der Waals surface area contributed by atoms with E-state index in [2.05, 4.69) is 38.9 Å². The van der Waals surface area contributed by atoms with Crippen molar-refractivity contribution in [3.05, 3.63) is 59.4 Å². The number of aromatic nitrogens is 2.